The van der Waals surface area contributed by atoms with Crippen LogP contribution in [-0.4, -0.2) is 51.8 Å². The fraction of sp³-hybridized carbons (Fsp3) is 0.500. The van der Waals surface area contributed by atoms with Crippen LogP contribution in [0, 0.1) is 0 Å². The van der Waals surface area contributed by atoms with E-state index >= 15 is 0 Å². The Morgan fingerprint density at radius 3 is 2.67 bits per heavy atom. The molecule has 1 unspecified atom stereocenters. The standard InChI is InChI=1S/C18H22N4O2/c23-18(15-7-4-12-24-15)22-10-8-14(9-11-22)17-19-16(20-21-17)13-5-2-1-3-6-13/h1-3,5-6,14-15H,4,7-12H2,(H,19,20,21). The van der Waals surface area contributed by atoms with Crippen molar-refractivity contribution in [1.29, 1.82) is 0 Å². The van der Waals surface area contributed by atoms with E-state index in [1.165, 1.54) is 0 Å². The van der Waals surface area contributed by atoms with Crippen molar-refractivity contribution < 1.29 is 9.53 Å². The predicted molar refractivity (Wildman–Crippen MR) is 89.3 cm³/mol. The maximum Gasteiger partial charge on any atom is 0.251 e. The maximum atomic E-state index is 12.4. The first-order chi connectivity index (χ1) is 11.8. The van der Waals surface area contributed by atoms with Gasteiger partial charge in [-0.15, -0.1) is 0 Å². The van der Waals surface area contributed by atoms with Gasteiger partial charge < -0.3 is 9.64 Å². The van der Waals surface area contributed by atoms with Gasteiger partial charge in [0.2, 0.25) is 0 Å². The molecular formula is C18H22N4O2. The first-order valence-corrected chi connectivity index (χ1v) is 8.69. The minimum absolute atomic E-state index is 0.161. The Morgan fingerprint density at radius 2 is 1.96 bits per heavy atom. The van der Waals surface area contributed by atoms with Gasteiger partial charge in [0.15, 0.2) is 5.82 Å². The number of ether oxygens (including phenoxy) is 1. The van der Waals surface area contributed by atoms with Crippen molar-refractivity contribution in [3.05, 3.63) is 36.2 Å². The van der Waals surface area contributed by atoms with E-state index in [0.29, 0.717) is 12.5 Å². The van der Waals surface area contributed by atoms with Crippen LogP contribution in [0.1, 0.15) is 37.4 Å². The van der Waals surface area contributed by atoms with E-state index in [9.17, 15) is 4.79 Å². The Morgan fingerprint density at radius 1 is 1.17 bits per heavy atom. The van der Waals surface area contributed by atoms with Gasteiger partial charge in [0.1, 0.15) is 11.9 Å². The van der Waals surface area contributed by atoms with Crippen LogP contribution in [0.3, 0.4) is 0 Å². The van der Waals surface area contributed by atoms with Gasteiger partial charge in [0, 0.05) is 31.2 Å². The number of H-pyrrole nitrogens is 1. The van der Waals surface area contributed by atoms with Gasteiger partial charge in [-0.1, -0.05) is 30.3 Å². The summed E-state index contributed by atoms with van der Waals surface area (Å²) < 4.78 is 5.51. The largest absolute Gasteiger partial charge is 0.368 e. The third-order valence-corrected chi connectivity index (χ3v) is 4.93. The Kier molecular flexibility index (Phi) is 4.30. The fourth-order valence-corrected chi connectivity index (χ4v) is 3.52. The summed E-state index contributed by atoms with van der Waals surface area (Å²) in [5.41, 5.74) is 1.02. The molecule has 24 heavy (non-hydrogen) atoms. The van der Waals surface area contributed by atoms with Gasteiger partial charge in [-0.05, 0) is 25.7 Å². The van der Waals surface area contributed by atoms with E-state index < -0.39 is 0 Å². The number of carbonyl (C=O) groups is 1. The molecule has 2 aromatic rings. The minimum atomic E-state index is -0.212. The van der Waals surface area contributed by atoms with E-state index in [4.69, 9.17) is 4.74 Å². The zero-order chi connectivity index (χ0) is 16.4. The quantitative estimate of drug-likeness (QED) is 0.940. The van der Waals surface area contributed by atoms with Crippen molar-refractivity contribution in [2.75, 3.05) is 19.7 Å². The zero-order valence-corrected chi connectivity index (χ0v) is 13.6. The fourth-order valence-electron chi connectivity index (χ4n) is 3.52. The highest BCUT2D eigenvalue weighted by Gasteiger charge is 2.32. The lowest BCUT2D eigenvalue weighted by atomic mass is 9.95. The Bertz CT molecular complexity index is 686. The van der Waals surface area contributed by atoms with Crippen LogP contribution >= 0.6 is 0 Å². The van der Waals surface area contributed by atoms with Crippen molar-refractivity contribution in [2.45, 2.75) is 37.7 Å². The number of aromatic amines is 1. The molecule has 6 nitrogen and oxygen atoms in total. The first-order valence-electron chi connectivity index (χ1n) is 8.69. The molecule has 2 aliphatic heterocycles. The third kappa shape index (κ3) is 3.06. The first kappa shape index (κ1) is 15.3. The van der Waals surface area contributed by atoms with Crippen molar-refractivity contribution in [1.82, 2.24) is 20.1 Å². The zero-order valence-electron chi connectivity index (χ0n) is 13.6. The van der Waals surface area contributed by atoms with Gasteiger partial charge in [-0.3, -0.25) is 9.89 Å². The number of nitrogens with zero attached hydrogens (tertiary/aromatic N) is 3. The summed E-state index contributed by atoms with van der Waals surface area (Å²) in [5, 5.41) is 7.43. The van der Waals surface area contributed by atoms with E-state index in [1.807, 2.05) is 35.2 Å². The molecule has 0 aliphatic carbocycles. The van der Waals surface area contributed by atoms with E-state index in [-0.39, 0.29) is 12.0 Å². The topological polar surface area (TPSA) is 71.1 Å². The normalized spacial score (nSPS) is 22.0. The van der Waals surface area contributed by atoms with Crippen LogP contribution in [0.25, 0.3) is 11.4 Å². The van der Waals surface area contributed by atoms with Crippen molar-refractivity contribution in [3.63, 3.8) is 0 Å². The molecule has 4 rings (SSSR count). The summed E-state index contributed by atoms with van der Waals surface area (Å²) >= 11 is 0. The second-order valence-electron chi connectivity index (χ2n) is 6.51. The lowest BCUT2D eigenvalue weighted by Gasteiger charge is -2.32. The molecule has 0 spiro atoms. The third-order valence-electron chi connectivity index (χ3n) is 4.93. The number of amides is 1. The Balaban J connectivity index is 1.38. The summed E-state index contributed by atoms with van der Waals surface area (Å²) in [6.45, 7) is 2.25. The van der Waals surface area contributed by atoms with Crippen LogP contribution in [0.4, 0.5) is 0 Å². The number of likely N-dealkylation sites (tertiary alicyclic amines) is 1. The number of piperidine rings is 1. The molecule has 0 radical (unpaired) electrons. The second-order valence-corrected chi connectivity index (χ2v) is 6.51. The lowest BCUT2D eigenvalue weighted by molar-refractivity contribution is -0.142. The summed E-state index contributed by atoms with van der Waals surface area (Å²) in [7, 11) is 0. The molecule has 0 saturated carbocycles. The number of rotatable bonds is 3. The maximum absolute atomic E-state index is 12.4. The molecule has 2 saturated heterocycles. The summed E-state index contributed by atoms with van der Waals surface area (Å²) in [4.78, 5) is 19.0. The predicted octanol–water partition coefficient (Wildman–Crippen LogP) is 2.36. The van der Waals surface area contributed by atoms with Crippen molar-refractivity contribution >= 4 is 5.91 Å². The molecule has 1 aromatic carbocycles. The molecule has 2 fully saturated rings. The Hall–Kier alpha value is -2.21. The average Bonchev–Trinajstić information content (AvgIpc) is 3.34. The highest BCUT2D eigenvalue weighted by molar-refractivity contribution is 5.81. The molecule has 1 amide bonds. The van der Waals surface area contributed by atoms with Gasteiger partial charge in [0.05, 0.1) is 0 Å². The van der Waals surface area contributed by atoms with E-state index in [1.54, 1.807) is 0 Å². The highest BCUT2D eigenvalue weighted by Crippen LogP contribution is 2.28. The number of carbonyl (C=O) groups excluding carboxylic acids is 1. The van der Waals surface area contributed by atoms with Crippen LogP contribution < -0.4 is 0 Å². The summed E-state index contributed by atoms with van der Waals surface area (Å²) in [5.74, 6) is 2.17. The van der Waals surface area contributed by atoms with Crippen molar-refractivity contribution in [3.8, 4) is 11.4 Å². The van der Waals surface area contributed by atoms with Gasteiger partial charge in [-0.25, -0.2) is 4.98 Å². The van der Waals surface area contributed by atoms with Crippen LogP contribution in [0.2, 0.25) is 0 Å². The van der Waals surface area contributed by atoms with Gasteiger partial charge in [0.25, 0.3) is 5.91 Å². The molecular weight excluding hydrogens is 304 g/mol. The minimum Gasteiger partial charge on any atom is -0.368 e. The molecule has 2 aliphatic rings. The van der Waals surface area contributed by atoms with Gasteiger partial charge >= 0.3 is 0 Å². The summed E-state index contributed by atoms with van der Waals surface area (Å²) in [6.07, 6.45) is 3.48. The van der Waals surface area contributed by atoms with Crippen LogP contribution in [0.15, 0.2) is 30.3 Å². The second kappa shape index (κ2) is 6.73. The SMILES string of the molecule is O=C(C1CCCO1)N1CCC(c2nc(-c3ccccc3)n[nH]2)CC1. The van der Waals surface area contributed by atoms with E-state index in [0.717, 1.165) is 56.0 Å². The number of nitrogens with one attached hydrogen (secondary N) is 1. The average molecular weight is 326 g/mol. The number of hydrogen-bond acceptors (Lipinski definition) is 4. The molecule has 1 aromatic heterocycles. The molecule has 126 valence electrons. The molecule has 6 heteroatoms. The van der Waals surface area contributed by atoms with Gasteiger partial charge in [-0.2, -0.15) is 5.10 Å². The number of benzene rings is 1. The lowest BCUT2D eigenvalue weighted by Crippen LogP contribution is -2.43. The van der Waals surface area contributed by atoms with Crippen LogP contribution in [-0.2, 0) is 9.53 Å². The van der Waals surface area contributed by atoms with Crippen molar-refractivity contribution in [2.24, 2.45) is 0 Å². The highest BCUT2D eigenvalue weighted by atomic mass is 16.5. The molecule has 0 bridgehead atoms. The summed E-state index contributed by atoms with van der Waals surface area (Å²) in [6, 6.07) is 9.98. The molecule has 3 heterocycles. The smallest absolute Gasteiger partial charge is 0.251 e. The number of hydrogen-bond donors (Lipinski definition) is 1. The monoisotopic (exact) mass is 326 g/mol. The molecule has 1 N–H and O–H groups in total. The number of aromatic nitrogens is 3. The Labute approximate surface area is 141 Å². The van der Waals surface area contributed by atoms with E-state index in [2.05, 4.69) is 15.2 Å². The molecule has 1 atom stereocenters. The van der Waals surface area contributed by atoms with Crippen LogP contribution in [0.5, 0.6) is 0 Å².